The molecule has 0 aliphatic heterocycles. The van der Waals surface area contributed by atoms with Gasteiger partial charge in [0.05, 0.1) is 6.26 Å². The zero-order valence-corrected chi connectivity index (χ0v) is 10.2. The summed E-state index contributed by atoms with van der Waals surface area (Å²) in [5.74, 6) is 1.53. The number of halogens is 2. The van der Waals surface area contributed by atoms with Gasteiger partial charge < -0.3 is 4.42 Å². The van der Waals surface area contributed by atoms with Crippen molar-refractivity contribution in [3.05, 3.63) is 59.8 Å². The van der Waals surface area contributed by atoms with Crippen LogP contribution in [0.5, 0.6) is 0 Å². The second-order valence-electron chi connectivity index (χ2n) is 4.14. The quantitative estimate of drug-likeness (QED) is 0.732. The molecule has 1 nitrogen and oxygen atoms in total. The van der Waals surface area contributed by atoms with E-state index in [9.17, 15) is 4.39 Å². The van der Waals surface area contributed by atoms with Gasteiger partial charge in [-0.05, 0) is 42.2 Å². The smallest absolute Gasteiger partial charge is 0.123 e. The molecule has 0 N–H and O–H groups in total. The highest BCUT2D eigenvalue weighted by molar-refractivity contribution is 6.18. The Bertz CT molecular complexity index is 453. The lowest BCUT2D eigenvalue weighted by Crippen LogP contribution is -2.09. The van der Waals surface area contributed by atoms with Crippen LogP contribution in [-0.4, -0.2) is 5.88 Å². The van der Waals surface area contributed by atoms with Gasteiger partial charge in [0, 0.05) is 12.3 Å². The Balaban J connectivity index is 2.00. The molecular formula is C14H14ClFO. The summed E-state index contributed by atoms with van der Waals surface area (Å²) < 4.78 is 18.3. The predicted octanol–water partition coefficient (Wildman–Crippen LogP) is 4.06. The zero-order chi connectivity index (χ0) is 12.1. The van der Waals surface area contributed by atoms with E-state index in [0.29, 0.717) is 5.88 Å². The van der Waals surface area contributed by atoms with Crippen LogP contribution in [0.4, 0.5) is 4.39 Å². The van der Waals surface area contributed by atoms with E-state index in [-0.39, 0.29) is 11.7 Å². The minimum Gasteiger partial charge on any atom is -0.469 e. The molecule has 1 atom stereocenters. The second kappa shape index (κ2) is 5.87. The Kier molecular flexibility index (Phi) is 4.21. The molecule has 2 rings (SSSR count). The van der Waals surface area contributed by atoms with Crippen molar-refractivity contribution >= 4 is 11.6 Å². The molecule has 0 saturated heterocycles. The topological polar surface area (TPSA) is 13.1 Å². The van der Waals surface area contributed by atoms with Crippen LogP contribution in [0.2, 0.25) is 0 Å². The number of furan rings is 1. The minimum absolute atomic E-state index is 0.200. The summed E-state index contributed by atoms with van der Waals surface area (Å²) in [7, 11) is 0. The summed E-state index contributed by atoms with van der Waals surface area (Å²) in [6, 6.07) is 10.5. The first-order valence-corrected chi connectivity index (χ1v) is 6.14. The Labute approximate surface area is 105 Å². The van der Waals surface area contributed by atoms with Crippen LogP contribution in [0, 0.1) is 11.7 Å². The SMILES string of the molecule is Fc1cccc(CC(CCl)Cc2ccco2)c1. The summed E-state index contributed by atoms with van der Waals surface area (Å²) in [5, 5.41) is 0. The van der Waals surface area contributed by atoms with Crippen LogP contribution < -0.4 is 0 Å². The van der Waals surface area contributed by atoms with E-state index in [1.165, 1.54) is 6.07 Å². The van der Waals surface area contributed by atoms with Gasteiger partial charge in [0.2, 0.25) is 0 Å². The van der Waals surface area contributed by atoms with Crippen molar-refractivity contribution in [3.63, 3.8) is 0 Å². The molecule has 0 radical (unpaired) electrons. The molecule has 2 aromatic rings. The van der Waals surface area contributed by atoms with Crippen LogP contribution in [0.15, 0.2) is 47.1 Å². The lowest BCUT2D eigenvalue weighted by atomic mass is 9.97. The fourth-order valence-corrected chi connectivity index (χ4v) is 2.11. The molecule has 17 heavy (non-hydrogen) atoms. The van der Waals surface area contributed by atoms with Gasteiger partial charge in [-0.3, -0.25) is 0 Å². The molecule has 3 heteroatoms. The van der Waals surface area contributed by atoms with Crippen molar-refractivity contribution in [2.24, 2.45) is 5.92 Å². The third-order valence-corrected chi connectivity index (χ3v) is 3.14. The molecule has 0 saturated carbocycles. The number of hydrogen-bond acceptors (Lipinski definition) is 1. The maximum absolute atomic E-state index is 13.0. The maximum Gasteiger partial charge on any atom is 0.123 e. The molecule has 90 valence electrons. The second-order valence-corrected chi connectivity index (χ2v) is 4.45. The molecule has 0 aliphatic rings. The number of rotatable bonds is 5. The first-order chi connectivity index (χ1) is 8.28. The van der Waals surface area contributed by atoms with Gasteiger partial charge in [0.25, 0.3) is 0 Å². The molecule has 1 unspecified atom stereocenters. The van der Waals surface area contributed by atoms with E-state index < -0.39 is 0 Å². The first-order valence-electron chi connectivity index (χ1n) is 5.60. The summed E-state index contributed by atoms with van der Waals surface area (Å²) in [6.45, 7) is 0. The molecule has 0 amide bonds. The van der Waals surface area contributed by atoms with Gasteiger partial charge in [0.15, 0.2) is 0 Å². The van der Waals surface area contributed by atoms with E-state index in [1.807, 2.05) is 18.2 Å². The molecule has 0 spiro atoms. The highest BCUT2D eigenvalue weighted by Crippen LogP contribution is 2.17. The van der Waals surface area contributed by atoms with E-state index in [1.54, 1.807) is 18.4 Å². The van der Waals surface area contributed by atoms with Gasteiger partial charge >= 0.3 is 0 Å². The summed E-state index contributed by atoms with van der Waals surface area (Å²) in [4.78, 5) is 0. The summed E-state index contributed by atoms with van der Waals surface area (Å²) in [6.07, 6.45) is 3.21. The van der Waals surface area contributed by atoms with E-state index in [4.69, 9.17) is 16.0 Å². The van der Waals surface area contributed by atoms with Crippen molar-refractivity contribution < 1.29 is 8.81 Å². The Morgan fingerprint density at radius 3 is 2.71 bits per heavy atom. The lowest BCUT2D eigenvalue weighted by molar-refractivity contribution is 0.457. The Morgan fingerprint density at radius 1 is 1.18 bits per heavy atom. The largest absolute Gasteiger partial charge is 0.469 e. The van der Waals surface area contributed by atoms with Crippen molar-refractivity contribution in [2.45, 2.75) is 12.8 Å². The highest BCUT2D eigenvalue weighted by atomic mass is 35.5. The molecule has 1 aromatic heterocycles. The fraction of sp³-hybridized carbons (Fsp3) is 0.286. The summed E-state index contributed by atoms with van der Waals surface area (Å²) in [5.41, 5.74) is 0.974. The van der Waals surface area contributed by atoms with Crippen molar-refractivity contribution in [1.82, 2.24) is 0 Å². The standard InChI is InChI=1S/C14H14ClFO/c15-10-12(9-14-5-2-6-17-14)7-11-3-1-4-13(16)8-11/h1-6,8,12H,7,9-10H2. The summed E-state index contributed by atoms with van der Waals surface area (Å²) >= 11 is 5.94. The maximum atomic E-state index is 13.0. The molecule has 0 bridgehead atoms. The number of benzene rings is 1. The first kappa shape index (κ1) is 12.2. The van der Waals surface area contributed by atoms with Crippen LogP contribution in [-0.2, 0) is 12.8 Å². The molecule has 1 aromatic carbocycles. The van der Waals surface area contributed by atoms with Crippen molar-refractivity contribution in [3.8, 4) is 0 Å². The van der Waals surface area contributed by atoms with Crippen LogP contribution >= 0.6 is 11.6 Å². The average molecular weight is 253 g/mol. The predicted molar refractivity (Wildman–Crippen MR) is 66.7 cm³/mol. The van der Waals surface area contributed by atoms with Gasteiger partial charge in [0.1, 0.15) is 11.6 Å². The third kappa shape index (κ3) is 3.60. The van der Waals surface area contributed by atoms with E-state index in [2.05, 4.69) is 0 Å². The Morgan fingerprint density at radius 2 is 2.06 bits per heavy atom. The zero-order valence-electron chi connectivity index (χ0n) is 9.40. The molecule has 1 heterocycles. The molecule has 0 fully saturated rings. The van der Waals surface area contributed by atoms with Crippen LogP contribution in [0.25, 0.3) is 0 Å². The van der Waals surface area contributed by atoms with Crippen molar-refractivity contribution in [1.29, 1.82) is 0 Å². The Hall–Kier alpha value is -1.28. The van der Waals surface area contributed by atoms with Gasteiger partial charge in [-0.1, -0.05) is 12.1 Å². The van der Waals surface area contributed by atoms with E-state index >= 15 is 0 Å². The van der Waals surface area contributed by atoms with Crippen LogP contribution in [0.3, 0.4) is 0 Å². The normalized spacial score (nSPS) is 12.6. The average Bonchev–Trinajstić information content (AvgIpc) is 2.81. The van der Waals surface area contributed by atoms with Crippen LogP contribution in [0.1, 0.15) is 11.3 Å². The molecular weight excluding hydrogens is 239 g/mol. The van der Waals surface area contributed by atoms with E-state index in [0.717, 1.165) is 24.2 Å². The lowest BCUT2D eigenvalue weighted by Gasteiger charge is -2.12. The number of alkyl halides is 1. The number of hydrogen-bond donors (Lipinski definition) is 0. The van der Waals surface area contributed by atoms with Crippen molar-refractivity contribution in [2.75, 3.05) is 5.88 Å². The minimum atomic E-state index is -0.200. The highest BCUT2D eigenvalue weighted by Gasteiger charge is 2.11. The molecule has 0 aliphatic carbocycles. The van der Waals surface area contributed by atoms with Gasteiger partial charge in [-0.15, -0.1) is 11.6 Å². The third-order valence-electron chi connectivity index (χ3n) is 2.70. The monoisotopic (exact) mass is 252 g/mol. The van der Waals surface area contributed by atoms with Gasteiger partial charge in [-0.2, -0.15) is 0 Å². The fourth-order valence-electron chi connectivity index (χ4n) is 1.89. The van der Waals surface area contributed by atoms with Gasteiger partial charge in [-0.25, -0.2) is 4.39 Å².